The van der Waals surface area contributed by atoms with Crippen molar-refractivity contribution >= 4 is 69.4 Å². The summed E-state index contributed by atoms with van der Waals surface area (Å²) in [4.78, 5) is 63.2. The van der Waals surface area contributed by atoms with Gasteiger partial charge in [0, 0.05) is 70.2 Å². The number of carbonyl (C=O) groups excluding carboxylic acids is 4. The lowest BCUT2D eigenvalue weighted by molar-refractivity contribution is 0.0722. The van der Waals surface area contributed by atoms with Gasteiger partial charge in [0.1, 0.15) is 46.0 Å². The molecule has 12 aromatic rings. The highest BCUT2D eigenvalue weighted by molar-refractivity contribution is 5.95. The molecule has 776 valence electrons. The Kier molecular flexibility index (Phi) is 41.1. The van der Waals surface area contributed by atoms with Crippen molar-refractivity contribution < 1.29 is 57.1 Å². The molecule has 0 saturated heterocycles. The number of benzene rings is 12. The van der Waals surface area contributed by atoms with E-state index >= 15 is 19.2 Å². The van der Waals surface area contributed by atoms with Crippen LogP contribution in [-0.2, 0) is 47.3 Å². The van der Waals surface area contributed by atoms with Crippen molar-refractivity contribution in [1.82, 2.24) is 0 Å². The number of ether oxygens (including phenoxy) is 8. The standard InChI is InChI=1S/C128H152N8O12/c1-17-21-25-29-33-37-73-141-113-65-57-109(58-66-113)133-129-105-49-41-89(42-50-105)121(137)145-117-93-77-95-83-102(126(8,9)10)85-97(118(95)146-122(138)90-43-51-106(52-44-90)130-134-110-59-67-114(68-60-110)142-74-38-34-30-26-22-18-2)79-99-87-104(128(14,15)16)88-100(120(99)148-124(140)92-47-55-108(56-48-92)132-136-112-63-71-116(72-64-112)144-76-40-36-32-28-24-20-4)80-98-86-103(127(11,12)13)84-96(78-94(117)82-101(81-93)125(5,6)7)119(98)147-123(139)91-45-53-107(54-46-91)131-135-111-61-69-115(70-62-111)143-75-39-35-31-27-23-19-3/h41-72,81-88H,17-40,73-80H2,1-16H3. The molecule has 12 aromatic carbocycles. The normalized spacial score (nSPS) is 12.4. The number of unbranched alkanes of at least 4 members (excludes halogenated alkanes) is 20. The van der Waals surface area contributed by atoms with Crippen LogP contribution in [0.1, 0.15) is 373 Å². The number of carbonyl (C=O) groups is 4. The first kappa shape index (κ1) is 111. The minimum absolute atomic E-state index is 0.0206. The van der Waals surface area contributed by atoms with E-state index in [-0.39, 0.29) is 70.9 Å². The minimum Gasteiger partial charge on any atom is -0.494 e. The molecule has 148 heavy (non-hydrogen) atoms. The summed E-state index contributed by atoms with van der Waals surface area (Å²) in [5.74, 6) is 1.34. The molecule has 0 saturated carbocycles. The van der Waals surface area contributed by atoms with Gasteiger partial charge in [0.15, 0.2) is 0 Å². The van der Waals surface area contributed by atoms with Crippen LogP contribution in [0.25, 0.3) is 0 Å². The number of hydrogen-bond donors (Lipinski definition) is 0. The van der Waals surface area contributed by atoms with Crippen molar-refractivity contribution in [1.29, 1.82) is 0 Å². The van der Waals surface area contributed by atoms with Crippen molar-refractivity contribution in [2.75, 3.05) is 26.4 Å². The van der Waals surface area contributed by atoms with Crippen LogP contribution in [0.5, 0.6) is 46.0 Å². The molecule has 0 amide bonds. The predicted octanol–water partition coefficient (Wildman–Crippen LogP) is 37.0. The summed E-state index contributed by atoms with van der Waals surface area (Å²) in [7, 11) is 0. The highest BCUT2D eigenvalue weighted by atomic mass is 16.6. The maximum Gasteiger partial charge on any atom is 0.343 e. The van der Waals surface area contributed by atoms with Crippen molar-refractivity contribution in [3.8, 4) is 46.0 Å². The number of hydrogen-bond acceptors (Lipinski definition) is 20. The zero-order chi connectivity index (χ0) is 105. The summed E-state index contributed by atoms with van der Waals surface area (Å²) < 4.78 is 52.8. The van der Waals surface area contributed by atoms with Gasteiger partial charge in [-0.3, -0.25) is 0 Å². The Hall–Kier alpha value is -13.9. The van der Waals surface area contributed by atoms with Crippen molar-refractivity contribution in [2.24, 2.45) is 40.9 Å². The first-order valence-electron chi connectivity index (χ1n) is 53.9. The Labute approximate surface area is 878 Å². The van der Waals surface area contributed by atoms with Crippen molar-refractivity contribution in [3.63, 3.8) is 0 Å². The third kappa shape index (κ3) is 34.1. The Morgan fingerprint density at radius 3 is 0.493 bits per heavy atom. The molecule has 0 radical (unpaired) electrons. The Morgan fingerprint density at radius 1 is 0.203 bits per heavy atom. The van der Waals surface area contributed by atoms with Crippen LogP contribution in [-0.4, -0.2) is 50.3 Å². The van der Waals surface area contributed by atoms with Crippen LogP contribution in [0.3, 0.4) is 0 Å². The summed E-state index contributed by atoms with van der Waals surface area (Å²) in [6.45, 7) is 37.1. The number of azo groups is 4. The molecule has 1 aliphatic rings. The van der Waals surface area contributed by atoms with Crippen molar-refractivity contribution in [2.45, 2.75) is 312 Å². The summed E-state index contributed by atoms with van der Waals surface area (Å²) in [5, 5.41) is 36.7. The highest BCUT2D eigenvalue weighted by Gasteiger charge is 2.33. The van der Waals surface area contributed by atoms with Gasteiger partial charge >= 0.3 is 23.9 Å². The second kappa shape index (κ2) is 54.7. The van der Waals surface area contributed by atoms with Crippen LogP contribution in [0, 0.1) is 0 Å². The molecule has 0 unspecified atom stereocenters. The highest BCUT2D eigenvalue weighted by Crippen LogP contribution is 2.47. The summed E-state index contributed by atoms with van der Waals surface area (Å²) in [6.07, 6.45) is 28.2. The zero-order valence-corrected chi connectivity index (χ0v) is 90.2. The molecule has 0 heterocycles. The van der Waals surface area contributed by atoms with Gasteiger partial charge in [0.25, 0.3) is 0 Å². The Balaban J connectivity index is 0.933. The monoisotopic (exact) mass is 1990 g/mol. The number of fused-ring (bicyclic) bond motifs is 8. The van der Waals surface area contributed by atoms with E-state index in [0.29, 0.717) is 116 Å². The largest absolute Gasteiger partial charge is 0.494 e. The Morgan fingerprint density at radius 2 is 0.345 bits per heavy atom. The molecule has 8 bridgehead atoms. The first-order chi connectivity index (χ1) is 71.3. The van der Waals surface area contributed by atoms with Crippen LogP contribution >= 0.6 is 0 Å². The average Bonchev–Trinajstić information content (AvgIpc) is 0.752. The van der Waals surface area contributed by atoms with Crippen LogP contribution < -0.4 is 37.9 Å². The molecule has 1 aliphatic carbocycles. The molecule has 13 rings (SSSR count). The van der Waals surface area contributed by atoms with Crippen LogP contribution in [0.2, 0.25) is 0 Å². The van der Waals surface area contributed by atoms with Gasteiger partial charge in [-0.05, 0) is 264 Å². The predicted molar refractivity (Wildman–Crippen MR) is 595 cm³/mol. The van der Waals surface area contributed by atoms with Gasteiger partial charge < -0.3 is 37.9 Å². The SMILES string of the molecule is CCCCCCCCOc1ccc(N=Nc2ccc(C(=O)Oc3c4cc(C(C)(C)C)cc3Cc3cc(C(C)(C)C)cc(c3OC(=O)c3ccc(N=Nc5ccc(OCCCCCCCC)cc5)cc3)Cc3cc(C(C)(C)C)cc(c3OC(=O)c3ccc(N=Nc5ccc(OCCCCCCCC)cc5)cc3)Cc3cc(C(C)(C)C)cc(c3OC(=O)c3ccc(N=Nc5ccc(OCCCCCCCC)cc5)cc3)C4)cc2)cc1. The lowest BCUT2D eigenvalue weighted by Crippen LogP contribution is -2.20. The summed E-state index contributed by atoms with van der Waals surface area (Å²) in [5.41, 5.74) is 11.4. The summed E-state index contributed by atoms with van der Waals surface area (Å²) in [6, 6.07) is 74.1. The maximum absolute atomic E-state index is 15.8. The fourth-order valence-electron chi connectivity index (χ4n) is 17.6. The van der Waals surface area contributed by atoms with Gasteiger partial charge in [-0.2, -0.15) is 40.9 Å². The molecule has 20 nitrogen and oxygen atoms in total. The molecular formula is C128H152N8O12. The maximum atomic E-state index is 15.8. The number of rotatable bonds is 48. The first-order valence-corrected chi connectivity index (χ1v) is 53.9. The van der Waals surface area contributed by atoms with Gasteiger partial charge in [0.05, 0.1) is 94.2 Å². The van der Waals surface area contributed by atoms with Gasteiger partial charge in [-0.1, -0.05) is 288 Å². The molecule has 0 aromatic heterocycles. The van der Waals surface area contributed by atoms with E-state index < -0.39 is 45.5 Å². The van der Waals surface area contributed by atoms with Gasteiger partial charge in [-0.15, -0.1) is 0 Å². The molecule has 0 atom stereocenters. The van der Waals surface area contributed by atoms with Crippen LogP contribution in [0.4, 0.5) is 45.5 Å². The second-order valence-corrected chi connectivity index (χ2v) is 43.2. The fraction of sp³-hybridized carbons (Fsp3) is 0.406. The third-order valence-electron chi connectivity index (χ3n) is 26.7. The lowest BCUT2D eigenvalue weighted by atomic mass is 9.79. The quantitative estimate of drug-likeness (QED) is 0.0150. The van der Waals surface area contributed by atoms with E-state index in [4.69, 9.17) is 37.9 Å². The average molecular weight is 1990 g/mol. The Bertz CT molecular complexity index is 5580. The molecule has 0 aliphatic heterocycles. The molecule has 0 N–H and O–H groups in total. The van der Waals surface area contributed by atoms with E-state index in [1.54, 1.807) is 97.1 Å². The molecule has 0 spiro atoms. The van der Waals surface area contributed by atoms with E-state index in [1.807, 2.05) is 97.1 Å². The smallest absolute Gasteiger partial charge is 0.343 e. The summed E-state index contributed by atoms with van der Waals surface area (Å²) >= 11 is 0. The second-order valence-electron chi connectivity index (χ2n) is 43.2. The van der Waals surface area contributed by atoms with E-state index in [9.17, 15) is 0 Å². The van der Waals surface area contributed by atoms with E-state index in [1.165, 1.54) is 103 Å². The molecular weight excluding hydrogens is 1840 g/mol. The fourth-order valence-corrected chi connectivity index (χ4v) is 17.6. The number of esters is 4. The van der Waals surface area contributed by atoms with E-state index in [2.05, 4.69) is 200 Å². The third-order valence-corrected chi connectivity index (χ3v) is 26.7. The van der Waals surface area contributed by atoms with Crippen LogP contribution in [0.15, 0.2) is 284 Å². The van der Waals surface area contributed by atoms with Crippen molar-refractivity contribution in [3.05, 3.63) is 332 Å². The van der Waals surface area contributed by atoms with Gasteiger partial charge in [0.2, 0.25) is 0 Å². The molecule has 0 fully saturated rings. The van der Waals surface area contributed by atoms with Gasteiger partial charge in [-0.25, -0.2) is 19.2 Å². The molecule has 20 heteroatoms. The topological polar surface area (TPSA) is 241 Å². The zero-order valence-electron chi connectivity index (χ0n) is 90.2. The minimum atomic E-state index is -0.667. The van der Waals surface area contributed by atoms with E-state index in [0.717, 1.165) is 96.6 Å². The number of nitrogens with zero attached hydrogens (tertiary/aromatic N) is 8. The lowest BCUT2D eigenvalue weighted by Gasteiger charge is -2.29.